The molecular weight excluding hydrogens is 389 g/mol. The summed E-state index contributed by atoms with van der Waals surface area (Å²) in [6, 6.07) is 2.40. The number of aliphatic imine (C=N–C) groups is 1. The highest BCUT2D eigenvalue weighted by Gasteiger charge is 2.06. The molecule has 1 atom stereocenters. The minimum absolute atomic E-state index is 0. The summed E-state index contributed by atoms with van der Waals surface area (Å²) in [5.41, 5.74) is 0. The summed E-state index contributed by atoms with van der Waals surface area (Å²) in [6.45, 7) is 11.5. The minimum Gasteiger partial charge on any atom is -0.357 e. The van der Waals surface area contributed by atoms with Gasteiger partial charge >= 0.3 is 0 Å². The molecule has 0 fully saturated rings. The molecule has 1 rings (SSSR count). The smallest absolute Gasteiger partial charge is 0.191 e. The molecule has 0 saturated heterocycles. The molecule has 22 heavy (non-hydrogen) atoms. The Balaban J connectivity index is 0.00000441. The van der Waals surface area contributed by atoms with Crippen molar-refractivity contribution in [2.45, 2.75) is 59.5 Å². The molecule has 128 valence electrons. The Morgan fingerprint density at radius 2 is 2.05 bits per heavy atom. The van der Waals surface area contributed by atoms with Crippen LogP contribution in [0.1, 0.15) is 47.0 Å². The molecule has 5 nitrogen and oxygen atoms in total. The third-order valence-electron chi connectivity index (χ3n) is 3.28. The zero-order valence-electron chi connectivity index (χ0n) is 14.4. The maximum absolute atomic E-state index is 4.63. The predicted octanol–water partition coefficient (Wildman–Crippen LogP) is 3.27. The first-order chi connectivity index (χ1) is 10.1. The number of hydrogen-bond acceptors (Lipinski definition) is 2. The SMILES string of the molecule is CCNC(=NCCCn1cccn1)NC(C)CCC(C)C.I. The van der Waals surface area contributed by atoms with E-state index < -0.39 is 0 Å². The first-order valence-corrected chi connectivity index (χ1v) is 8.14. The lowest BCUT2D eigenvalue weighted by atomic mass is 10.0. The molecule has 2 N–H and O–H groups in total. The zero-order chi connectivity index (χ0) is 15.5. The number of aryl methyl sites for hydroxylation is 1. The van der Waals surface area contributed by atoms with Gasteiger partial charge in [-0.05, 0) is 45.1 Å². The van der Waals surface area contributed by atoms with Crippen molar-refractivity contribution in [3.05, 3.63) is 18.5 Å². The van der Waals surface area contributed by atoms with Crippen molar-refractivity contribution in [2.75, 3.05) is 13.1 Å². The molecule has 1 unspecified atom stereocenters. The van der Waals surface area contributed by atoms with Crippen LogP contribution < -0.4 is 10.6 Å². The van der Waals surface area contributed by atoms with Crippen molar-refractivity contribution in [1.82, 2.24) is 20.4 Å². The Labute approximate surface area is 152 Å². The number of aromatic nitrogens is 2. The fraction of sp³-hybridized carbons (Fsp3) is 0.750. The van der Waals surface area contributed by atoms with E-state index in [1.165, 1.54) is 12.8 Å². The van der Waals surface area contributed by atoms with Crippen LogP contribution in [-0.4, -0.2) is 34.9 Å². The molecule has 0 radical (unpaired) electrons. The molecule has 1 heterocycles. The molecule has 6 heteroatoms. The van der Waals surface area contributed by atoms with E-state index in [-0.39, 0.29) is 24.0 Å². The first-order valence-electron chi connectivity index (χ1n) is 8.14. The number of nitrogens with zero attached hydrogens (tertiary/aromatic N) is 3. The molecular formula is C16H32IN5. The lowest BCUT2D eigenvalue weighted by Gasteiger charge is -2.18. The second kappa shape index (κ2) is 12.7. The normalized spacial score (nSPS) is 12.9. The molecule has 0 aliphatic heterocycles. The van der Waals surface area contributed by atoms with Crippen LogP contribution in [0.4, 0.5) is 0 Å². The lowest BCUT2D eigenvalue weighted by Crippen LogP contribution is -2.42. The van der Waals surface area contributed by atoms with Crippen molar-refractivity contribution in [3.63, 3.8) is 0 Å². The Kier molecular flexibility index (Phi) is 12.3. The standard InChI is InChI=1S/C16H31N5.HI/c1-5-17-16(20-15(4)9-8-14(2)3)18-10-6-12-21-13-7-11-19-21;/h7,11,13-15H,5-6,8-10,12H2,1-4H3,(H2,17,18,20);1H. The van der Waals surface area contributed by atoms with Gasteiger partial charge in [-0.25, -0.2) is 0 Å². The summed E-state index contributed by atoms with van der Waals surface area (Å²) in [5, 5.41) is 11.0. The third-order valence-corrected chi connectivity index (χ3v) is 3.28. The third kappa shape index (κ3) is 10.0. The van der Waals surface area contributed by atoms with E-state index in [1.807, 2.05) is 23.1 Å². The van der Waals surface area contributed by atoms with Crippen LogP contribution in [0.15, 0.2) is 23.5 Å². The molecule has 0 bridgehead atoms. The van der Waals surface area contributed by atoms with Gasteiger partial charge in [-0.15, -0.1) is 24.0 Å². The van der Waals surface area contributed by atoms with Crippen LogP contribution >= 0.6 is 24.0 Å². The molecule has 0 saturated carbocycles. The lowest BCUT2D eigenvalue weighted by molar-refractivity contribution is 0.488. The number of nitrogens with one attached hydrogen (secondary N) is 2. The van der Waals surface area contributed by atoms with Gasteiger partial charge in [-0.3, -0.25) is 9.67 Å². The van der Waals surface area contributed by atoms with E-state index in [1.54, 1.807) is 0 Å². The Hall–Kier alpha value is -0.790. The Morgan fingerprint density at radius 1 is 1.27 bits per heavy atom. The second-order valence-corrected chi connectivity index (χ2v) is 5.90. The summed E-state index contributed by atoms with van der Waals surface area (Å²) in [6.07, 6.45) is 7.22. The summed E-state index contributed by atoms with van der Waals surface area (Å²) < 4.78 is 1.95. The summed E-state index contributed by atoms with van der Waals surface area (Å²) >= 11 is 0. The van der Waals surface area contributed by atoms with E-state index in [4.69, 9.17) is 0 Å². The predicted molar refractivity (Wildman–Crippen MR) is 105 cm³/mol. The Morgan fingerprint density at radius 3 is 2.64 bits per heavy atom. The monoisotopic (exact) mass is 421 g/mol. The number of rotatable bonds is 9. The van der Waals surface area contributed by atoms with Gasteiger partial charge in [-0.2, -0.15) is 5.10 Å². The molecule has 1 aromatic heterocycles. The first kappa shape index (κ1) is 21.2. The van der Waals surface area contributed by atoms with Gasteiger partial charge in [-0.1, -0.05) is 13.8 Å². The maximum atomic E-state index is 4.63. The van der Waals surface area contributed by atoms with E-state index in [2.05, 4.69) is 48.4 Å². The molecule has 0 aliphatic carbocycles. The topological polar surface area (TPSA) is 54.2 Å². The van der Waals surface area contributed by atoms with Crippen LogP contribution in [0.25, 0.3) is 0 Å². The van der Waals surface area contributed by atoms with Gasteiger partial charge in [0.05, 0.1) is 0 Å². The van der Waals surface area contributed by atoms with Gasteiger partial charge in [0.15, 0.2) is 5.96 Å². The average Bonchev–Trinajstić information content (AvgIpc) is 2.94. The molecule has 0 aliphatic rings. The van der Waals surface area contributed by atoms with Gasteiger partial charge in [0.2, 0.25) is 0 Å². The van der Waals surface area contributed by atoms with E-state index in [0.717, 1.165) is 37.9 Å². The van der Waals surface area contributed by atoms with Crippen molar-refractivity contribution in [2.24, 2.45) is 10.9 Å². The largest absolute Gasteiger partial charge is 0.357 e. The second-order valence-electron chi connectivity index (χ2n) is 5.90. The highest BCUT2D eigenvalue weighted by atomic mass is 127. The van der Waals surface area contributed by atoms with Crippen LogP contribution in [0.5, 0.6) is 0 Å². The highest BCUT2D eigenvalue weighted by Crippen LogP contribution is 2.06. The van der Waals surface area contributed by atoms with Gasteiger partial charge in [0.1, 0.15) is 0 Å². The van der Waals surface area contributed by atoms with Gasteiger partial charge < -0.3 is 10.6 Å². The van der Waals surface area contributed by atoms with Gasteiger partial charge in [0, 0.05) is 38.1 Å². The fourth-order valence-corrected chi connectivity index (χ4v) is 2.07. The maximum Gasteiger partial charge on any atom is 0.191 e. The number of hydrogen-bond donors (Lipinski definition) is 2. The van der Waals surface area contributed by atoms with E-state index in [9.17, 15) is 0 Å². The molecule has 0 spiro atoms. The molecule has 0 amide bonds. The molecule has 1 aromatic rings. The van der Waals surface area contributed by atoms with Crippen molar-refractivity contribution in [1.29, 1.82) is 0 Å². The fourth-order valence-electron chi connectivity index (χ4n) is 2.07. The Bertz CT molecular complexity index is 389. The van der Waals surface area contributed by atoms with Crippen LogP contribution in [0.2, 0.25) is 0 Å². The van der Waals surface area contributed by atoms with Gasteiger partial charge in [0.25, 0.3) is 0 Å². The van der Waals surface area contributed by atoms with E-state index in [0.29, 0.717) is 6.04 Å². The number of halogens is 1. The summed E-state index contributed by atoms with van der Waals surface area (Å²) in [7, 11) is 0. The summed E-state index contributed by atoms with van der Waals surface area (Å²) in [4.78, 5) is 4.63. The average molecular weight is 421 g/mol. The van der Waals surface area contributed by atoms with E-state index >= 15 is 0 Å². The minimum atomic E-state index is 0. The number of guanidine groups is 1. The van der Waals surface area contributed by atoms with Crippen LogP contribution in [0.3, 0.4) is 0 Å². The highest BCUT2D eigenvalue weighted by molar-refractivity contribution is 14.0. The van der Waals surface area contributed by atoms with Crippen LogP contribution in [0, 0.1) is 5.92 Å². The quantitative estimate of drug-likeness (QED) is 0.279. The van der Waals surface area contributed by atoms with Crippen LogP contribution in [-0.2, 0) is 6.54 Å². The summed E-state index contributed by atoms with van der Waals surface area (Å²) in [5.74, 6) is 1.68. The molecule has 0 aromatic carbocycles. The van der Waals surface area contributed by atoms with Crippen molar-refractivity contribution < 1.29 is 0 Å². The zero-order valence-corrected chi connectivity index (χ0v) is 16.7. The van der Waals surface area contributed by atoms with Crippen molar-refractivity contribution >= 4 is 29.9 Å². The van der Waals surface area contributed by atoms with Crippen molar-refractivity contribution in [3.8, 4) is 0 Å².